The maximum Gasteiger partial charge on any atom is 0.416 e. The molecule has 0 aliphatic heterocycles. The second-order valence-electron chi connectivity index (χ2n) is 3.81. The fourth-order valence-electron chi connectivity index (χ4n) is 1.11. The third-order valence-electron chi connectivity index (χ3n) is 1.92. The van der Waals surface area contributed by atoms with Crippen molar-refractivity contribution in [2.75, 3.05) is 0 Å². The van der Waals surface area contributed by atoms with Crippen molar-refractivity contribution in [1.29, 1.82) is 0 Å². The maximum absolute atomic E-state index is 12.4. The number of guanidine groups is 1. The second kappa shape index (κ2) is 7.88. The monoisotopic (exact) mass is 304 g/mol. The number of nitrogens with zero attached hydrogens (tertiary/aromatic N) is 2. The minimum Gasteiger partial charge on any atom is -0.481 e. The van der Waals surface area contributed by atoms with Gasteiger partial charge in [0.2, 0.25) is 5.96 Å². The molecule has 0 fully saturated rings. The predicted molar refractivity (Wildman–Crippen MR) is 72.8 cm³/mol. The van der Waals surface area contributed by atoms with Crippen molar-refractivity contribution in [3.63, 3.8) is 0 Å². The Kier molecular flexibility index (Phi) is 6.91. The number of hydrogen-bond acceptors (Lipinski definition) is 3. The van der Waals surface area contributed by atoms with Crippen LogP contribution in [0.25, 0.3) is 0 Å². The molecule has 0 atom stereocenters. The molecular weight excluding hydrogens is 289 g/mol. The van der Waals surface area contributed by atoms with Gasteiger partial charge in [-0.15, -0.1) is 5.10 Å². The van der Waals surface area contributed by atoms with E-state index in [0.717, 1.165) is 19.1 Å². The molecule has 0 saturated carbocycles. The molecule has 0 spiro atoms. The number of nitrogens with two attached hydrogens (primary N) is 2. The van der Waals surface area contributed by atoms with Crippen molar-refractivity contribution >= 4 is 17.6 Å². The van der Waals surface area contributed by atoms with Gasteiger partial charge in [0.15, 0.2) is 0 Å². The third-order valence-corrected chi connectivity index (χ3v) is 1.92. The zero-order valence-corrected chi connectivity index (χ0v) is 11.3. The van der Waals surface area contributed by atoms with Crippen LogP contribution in [0.1, 0.15) is 25.0 Å². The molecule has 116 valence electrons. The highest BCUT2D eigenvalue weighted by atomic mass is 19.4. The van der Waals surface area contributed by atoms with E-state index in [2.05, 4.69) is 10.2 Å². The van der Waals surface area contributed by atoms with Gasteiger partial charge >= 0.3 is 6.18 Å². The fraction of sp³-hybridized carbons (Fsp3) is 0.250. The van der Waals surface area contributed by atoms with E-state index in [9.17, 15) is 13.2 Å². The Morgan fingerprint density at radius 2 is 1.71 bits per heavy atom. The molecule has 1 aromatic carbocycles. The van der Waals surface area contributed by atoms with Crippen LogP contribution in [-0.4, -0.2) is 22.7 Å². The van der Waals surface area contributed by atoms with Crippen LogP contribution in [0.5, 0.6) is 0 Å². The van der Waals surface area contributed by atoms with Gasteiger partial charge in [0.25, 0.3) is 5.97 Å². The highest BCUT2D eigenvalue weighted by molar-refractivity contribution is 5.99. The summed E-state index contributed by atoms with van der Waals surface area (Å²) in [6.45, 7) is 2.60. The van der Waals surface area contributed by atoms with Crippen molar-refractivity contribution < 1.29 is 23.1 Å². The Morgan fingerprint density at radius 1 is 1.19 bits per heavy atom. The van der Waals surface area contributed by atoms with Gasteiger partial charge in [0.1, 0.15) is 0 Å². The summed E-state index contributed by atoms with van der Waals surface area (Å²) in [7, 11) is 0. The fourth-order valence-corrected chi connectivity index (χ4v) is 1.11. The van der Waals surface area contributed by atoms with Crippen molar-refractivity contribution in [2.45, 2.75) is 20.0 Å². The summed E-state index contributed by atoms with van der Waals surface area (Å²) in [4.78, 5) is 9.00. The molecule has 0 unspecified atom stereocenters. The molecule has 0 aliphatic rings. The number of carboxylic acid groups (broad SMARTS) is 1. The van der Waals surface area contributed by atoms with Gasteiger partial charge in [-0.2, -0.15) is 18.3 Å². The maximum atomic E-state index is 12.4. The van der Waals surface area contributed by atoms with Crippen LogP contribution in [0.2, 0.25) is 0 Å². The lowest BCUT2D eigenvalue weighted by Gasteiger charge is -2.07. The first-order valence-corrected chi connectivity index (χ1v) is 5.54. The van der Waals surface area contributed by atoms with Crippen LogP contribution in [-0.2, 0) is 11.0 Å². The molecule has 0 heterocycles. The molecule has 0 bridgehead atoms. The van der Waals surface area contributed by atoms with Gasteiger partial charge in [0.05, 0.1) is 11.3 Å². The average molecular weight is 304 g/mol. The summed E-state index contributed by atoms with van der Waals surface area (Å²) < 4.78 is 37.3. The molecule has 9 heteroatoms. The highest BCUT2D eigenvalue weighted by Crippen LogP contribution is 2.29. The van der Waals surface area contributed by atoms with Crippen molar-refractivity contribution in [3.8, 4) is 0 Å². The molecule has 0 aliphatic carbocycles. The van der Waals surface area contributed by atoms with Crippen LogP contribution >= 0.6 is 0 Å². The Labute approximate surface area is 119 Å². The van der Waals surface area contributed by atoms with E-state index in [1.807, 2.05) is 0 Å². The highest BCUT2D eigenvalue weighted by Gasteiger charge is 2.30. The first kappa shape index (κ1) is 18.4. The second-order valence-corrected chi connectivity index (χ2v) is 3.81. The number of halogens is 3. The standard InChI is InChI=1S/C10H11F3N4.C2H4O2/c1-6(16-17-9(14)15)7-3-2-4-8(5-7)10(11,12)13;1-2(3)4/h2-5H,1H3,(H4,14,15,17);1H3,(H,3,4)/b16-6-;. The normalized spacial score (nSPS) is 11.2. The number of carboxylic acids is 1. The van der Waals surface area contributed by atoms with Crippen LogP contribution in [0, 0.1) is 0 Å². The summed E-state index contributed by atoms with van der Waals surface area (Å²) in [5, 5.41) is 14.4. The van der Waals surface area contributed by atoms with Crippen LogP contribution in [0.3, 0.4) is 0 Å². The van der Waals surface area contributed by atoms with E-state index >= 15 is 0 Å². The largest absolute Gasteiger partial charge is 0.481 e. The zero-order valence-electron chi connectivity index (χ0n) is 11.3. The molecule has 0 aromatic heterocycles. The van der Waals surface area contributed by atoms with Crippen molar-refractivity contribution in [1.82, 2.24) is 0 Å². The lowest BCUT2D eigenvalue weighted by molar-refractivity contribution is -0.137. The van der Waals surface area contributed by atoms with E-state index in [-0.39, 0.29) is 5.96 Å². The van der Waals surface area contributed by atoms with Crippen molar-refractivity contribution in [3.05, 3.63) is 35.4 Å². The number of hydrogen-bond donors (Lipinski definition) is 3. The van der Waals surface area contributed by atoms with Gasteiger partial charge in [0, 0.05) is 6.92 Å². The SMILES string of the molecule is C/C(=N/N=C(N)N)c1cccc(C(F)(F)F)c1.CC(=O)O. The Balaban J connectivity index is 0.000000885. The first-order valence-electron chi connectivity index (χ1n) is 5.54. The lowest BCUT2D eigenvalue weighted by Crippen LogP contribution is -2.22. The number of benzene rings is 1. The molecule has 1 aromatic rings. The van der Waals surface area contributed by atoms with E-state index in [1.54, 1.807) is 0 Å². The summed E-state index contributed by atoms with van der Waals surface area (Å²) in [6, 6.07) is 4.77. The van der Waals surface area contributed by atoms with E-state index in [4.69, 9.17) is 21.4 Å². The molecule has 5 N–H and O–H groups in total. The topological polar surface area (TPSA) is 114 Å². The Bertz CT molecular complexity index is 546. The molecule has 21 heavy (non-hydrogen) atoms. The van der Waals surface area contributed by atoms with Crippen LogP contribution < -0.4 is 11.5 Å². The average Bonchev–Trinajstić information content (AvgIpc) is 2.34. The van der Waals surface area contributed by atoms with Crippen LogP contribution in [0.15, 0.2) is 34.5 Å². The smallest absolute Gasteiger partial charge is 0.416 e. The summed E-state index contributed by atoms with van der Waals surface area (Å²) in [5.74, 6) is -1.09. The third kappa shape index (κ3) is 8.24. The summed E-state index contributed by atoms with van der Waals surface area (Å²) in [6.07, 6.45) is -4.38. The van der Waals surface area contributed by atoms with Crippen molar-refractivity contribution in [2.24, 2.45) is 21.7 Å². The Hall–Kier alpha value is -2.58. The first-order chi connectivity index (χ1) is 9.54. The predicted octanol–water partition coefficient (Wildman–Crippen LogP) is 1.79. The lowest BCUT2D eigenvalue weighted by atomic mass is 10.1. The number of rotatable bonds is 2. The van der Waals surface area contributed by atoms with E-state index < -0.39 is 17.7 Å². The van der Waals surface area contributed by atoms with Gasteiger partial charge < -0.3 is 16.6 Å². The van der Waals surface area contributed by atoms with Crippen LogP contribution in [0.4, 0.5) is 13.2 Å². The quantitative estimate of drug-likeness (QED) is 0.439. The molecule has 6 nitrogen and oxygen atoms in total. The van der Waals surface area contributed by atoms with E-state index in [1.165, 1.54) is 19.1 Å². The summed E-state index contributed by atoms with van der Waals surface area (Å²) in [5.41, 5.74) is 9.98. The van der Waals surface area contributed by atoms with Gasteiger partial charge in [-0.05, 0) is 24.6 Å². The minimum atomic E-state index is -4.38. The minimum absolute atomic E-state index is 0.253. The molecule has 0 radical (unpaired) electrons. The van der Waals surface area contributed by atoms with Gasteiger partial charge in [-0.25, -0.2) is 0 Å². The van der Waals surface area contributed by atoms with Gasteiger partial charge in [-0.1, -0.05) is 12.1 Å². The molecule has 1 rings (SSSR count). The van der Waals surface area contributed by atoms with E-state index in [0.29, 0.717) is 11.3 Å². The Morgan fingerprint density at radius 3 is 2.14 bits per heavy atom. The zero-order chi connectivity index (χ0) is 16.6. The summed E-state index contributed by atoms with van der Waals surface area (Å²) >= 11 is 0. The number of carbonyl (C=O) groups is 1. The number of aliphatic carboxylic acids is 1. The molecule has 0 amide bonds. The molecule has 0 saturated heterocycles. The molecular formula is C12H15F3N4O2. The number of alkyl halides is 3. The van der Waals surface area contributed by atoms with Gasteiger partial charge in [-0.3, -0.25) is 4.79 Å².